The van der Waals surface area contributed by atoms with E-state index in [9.17, 15) is 0 Å². The number of hydrogen-bond acceptors (Lipinski definition) is 3. The Kier molecular flexibility index (Phi) is 7.87. The average Bonchev–Trinajstić information content (AvgIpc) is 2.36. The summed E-state index contributed by atoms with van der Waals surface area (Å²) in [5.41, 5.74) is 0. The maximum absolute atomic E-state index is 3.66. The second kappa shape index (κ2) is 8.89. The van der Waals surface area contributed by atoms with Gasteiger partial charge >= 0.3 is 0 Å². The number of nitrogens with one attached hydrogen (secondary N) is 1. The highest BCUT2D eigenvalue weighted by atomic mass is 15.2. The number of nitrogens with zero attached hydrogens (tertiary/aromatic N) is 2. The first-order valence-corrected chi connectivity index (χ1v) is 7.76. The molecule has 1 heterocycles. The molecule has 0 aromatic heterocycles. The third-order valence-corrected chi connectivity index (χ3v) is 3.98. The summed E-state index contributed by atoms with van der Waals surface area (Å²) in [6.07, 6.45) is 5.24. The van der Waals surface area contributed by atoms with Crippen LogP contribution in [0.5, 0.6) is 0 Å². The van der Waals surface area contributed by atoms with Crippen LogP contribution in [0.4, 0.5) is 0 Å². The van der Waals surface area contributed by atoms with Crippen LogP contribution in [0.15, 0.2) is 0 Å². The van der Waals surface area contributed by atoms with Gasteiger partial charge in [0.15, 0.2) is 0 Å². The third-order valence-electron chi connectivity index (χ3n) is 3.98. The molecule has 18 heavy (non-hydrogen) atoms. The molecule has 0 bridgehead atoms. The summed E-state index contributed by atoms with van der Waals surface area (Å²) in [5.74, 6) is 0.917. The first kappa shape index (κ1) is 15.9. The van der Waals surface area contributed by atoms with E-state index in [1.165, 1.54) is 51.9 Å². The highest BCUT2D eigenvalue weighted by Crippen LogP contribution is 2.18. The van der Waals surface area contributed by atoms with Gasteiger partial charge in [0, 0.05) is 19.1 Å². The van der Waals surface area contributed by atoms with Crippen molar-refractivity contribution in [2.75, 3.05) is 46.8 Å². The Morgan fingerprint density at radius 3 is 2.39 bits per heavy atom. The molecule has 0 amide bonds. The van der Waals surface area contributed by atoms with Gasteiger partial charge in [-0.3, -0.25) is 0 Å². The zero-order valence-electron chi connectivity index (χ0n) is 12.9. The normalized spacial score (nSPS) is 20.5. The van der Waals surface area contributed by atoms with E-state index in [2.05, 4.69) is 43.1 Å². The first-order chi connectivity index (χ1) is 8.65. The molecule has 108 valence electrons. The van der Waals surface area contributed by atoms with Gasteiger partial charge in [0.2, 0.25) is 0 Å². The van der Waals surface area contributed by atoms with Gasteiger partial charge in [0.05, 0.1) is 0 Å². The summed E-state index contributed by atoms with van der Waals surface area (Å²) in [4.78, 5) is 4.99. The maximum atomic E-state index is 3.66. The van der Waals surface area contributed by atoms with Crippen molar-refractivity contribution in [3.05, 3.63) is 0 Å². The first-order valence-electron chi connectivity index (χ1n) is 7.76. The molecular weight excluding hydrogens is 222 g/mol. The Labute approximate surface area is 114 Å². The second-order valence-corrected chi connectivity index (χ2v) is 6.07. The van der Waals surface area contributed by atoms with Crippen molar-refractivity contribution in [2.45, 2.75) is 45.6 Å². The van der Waals surface area contributed by atoms with Gasteiger partial charge in [-0.1, -0.05) is 13.8 Å². The van der Waals surface area contributed by atoms with Gasteiger partial charge in [-0.15, -0.1) is 0 Å². The summed E-state index contributed by atoms with van der Waals surface area (Å²) in [6, 6.07) is 0.690. The smallest absolute Gasteiger partial charge is 0.0192 e. The van der Waals surface area contributed by atoms with Crippen LogP contribution in [0.25, 0.3) is 0 Å². The molecule has 1 aliphatic heterocycles. The zero-order chi connectivity index (χ0) is 13.4. The molecule has 0 saturated carbocycles. The Hall–Kier alpha value is -0.120. The fourth-order valence-corrected chi connectivity index (χ4v) is 2.87. The van der Waals surface area contributed by atoms with Crippen molar-refractivity contribution in [2.24, 2.45) is 5.92 Å². The number of likely N-dealkylation sites (tertiary alicyclic amines) is 1. The van der Waals surface area contributed by atoms with Crippen molar-refractivity contribution in [3.63, 3.8) is 0 Å². The molecule has 0 spiro atoms. The van der Waals surface area contributed by atoms with Crippen molar-refractivity contribution < 1.29 is 0 Å². The fourth-order valence-electron chi connectivity index (χ4n) is 2.87. The van der Waals surface area contributed by atoms with Crippen LogP contribution in [0.3, 0.4) is 0 Å². The molecule has 1 aliphatic rings. The summed E-state index contributed by atoms with van der Waals surface area (Å²) < 4.78 is 0. The summed E-state index contributed by atoms with van der Waals surface area (Å²) in [6.45, 7) is 10.8. The lowest BCUT2D eigenvalue weighted by Gasteiger charge is -2.35. The minimum Gasteiger partial charge on any atom is -0.313 e. The SMILES string of the molecule is CCCNC(CC)CN1CCC(CN(C)C)CC1. The van der Waals surface area contributed by atoms with E-state index < -0.39 is 0 Å². The number of rotatable bonds is 8. The maximum Gasteiger partial charge on any atom is 0.0192 e. The predicted molar refractivity (Wildman–Crippen MR) is 80.1 cm³/mol. The van der Waals surface area contributed by atoms with Crippen LogP contribution in [0, 0.1) is 5.92 Å². The third kappa shape index (κ3) is 6.17. The lowest BCUT2D eigenvalue weighted by atomic mass is 9.96. The molecule has 0 aromatic carbocycles. The lowest BCUT2D eigenvalue weighted by Crippen LogP contribution is -2.45. The fraction of sp³-hybridized carbons (Fsp3) is 1.00. The summed E-state index contributed by atoms with van der Waals surface area (Å²) in [7, 11) is 4.38. The monoisotopic (exact) mass is 255 g/mol. The van der Waals surface area contributed by atoms with E-state index in [0.29, 0.717) is 6.04 Å². The highest BCUT2D eigenvalue weighted by Gasteiger charge is 2.21. The Bertz CT molecular complexity index is 198. The molecule has 1 N–H and O–H groups in total. The van der Waals surface area contributed by atoms with Crippen molar-refractivity contribution in [1.29, 1.82) is 0 Å². The van der Waals surface area contributed by atoms with Crippen LogP contribution in [0.2, 0.25) is 0 Å². The Balaban J connectivity index is 2.21. The van der Waals surface area contributed by atoms with Crippen molar-refractivity contribution in [3.8, 4) is 0 Å². The molecule has 3 nitrogen and oxygen atoms in total. The minimum atomic E-state index is 0.690. The molecule has 0 radical (unpaired) electrons. The van der Waals surface area contributed by atoms with Crippen LogP contribution in [0.1, 0.15) is 39.5 Å². The summed E-state index contributed by atoms with van der Waals surface area (Å²) in [5, 5.41) is 3.66. The second-order valence-electron chi connectivity index (χ2n) is 6.07. The molecule has 1 rings (SSSR count). The molecule has 3 heteroatoms. The predicted octanol–water partition coefficient (Wildman–Crippen LogP) is 2.04. The lowest BCUT2D eigenvalue weighted by molar-refractivity contribution is 0.149. The number of hydrogen-bond donors (Lipinski definition) is 1. The molecular formula is C15H33N3. The molecule has 0 aromatic rings. The summed E-state index contributed by atoms with van der Waals surface area (Å²) >= 11 is 0. The van der Waals surface area contributed by atoms with Gasteiger partial charge in [-0.25, -0.2) is 0 Å². The largest absolute Gasteiger partial charge is 0.313 e. The van der Waals surface area contributed by atoms with Gasteiger partial charge in [0.25, 0.3) is 0 Å². The molecule has 1 unspecified atom stereocenters. The standard InChI is InChI=1S/C15H33N3/c1-5-9-16-15(6-2)13-18-10-7-14(8-11-18)12-17(3)4/h14-16H,5-13H2,1-4H3. The molecule has 0 aliphatic carbocycles. The van der Waals surface area contributed by atoms with Crippen LogP contribution >= 0.6 is 0 Å². The number of piperidine rings is 1. The van der Waals surface area contributed by atoms with Crippen LogP contribution in [-0.2, 0) is 0 Å². The van der Waals surface area contributed by atoms with E-state index in [1.807, 2.05) is 0 Å². The zero-order valence-corrected chi connectivity index (χ0v) is 12.9. The van der Waals surface area contributed by atoms with Gasteiger partial charge in [-0.05, 0) is 65.3 Å². The molecule has 1 saturated heterocycles. The van der Waals surface area contributed by atoms with Gasteiger partial charge in [-0.2, -0.15) is 0 Å². The van der Waals surface area contributed by atoms with Crippen LogP contribution in [-0.4, -0.2) is 62.7 Å². The van der Waals surface area contributed by atoms with E-state index in [4.69, 9.17) is 0 Å². The minimum absolute atomic E-state index is 0.690. The van der Waals surface area contributed by atoms with Crippen LogP contribution < -0.4 is 5.32 Å². The van der Waals surface area contributed by atoms with E-state index >= 15 is 0 Å². The van der Waals surface area contributed by atoms with Gasteiger partial charge < -0.3 is 15.1 Å². The topological polar surface area (TPSA) is 18.5 Å². The van der Waals surface area contributed by atoms with E-state index in [1.54, 1.807) is 0 Å². The molecule has 1 atom stereocenters. The van der Waals surface area contributed by atoms with Crippen molar-refractivity contribution >= 4 is 0 Å². The van der Waals surface area contributed by atoms with E-state index in [-0.39, 0.29) is 0 Å². The van der Waals surface area contributed by atoms with E-state index in [0.717, 1.165) is 12.5 Å². The Morgan fingerprint density at radius 2 is 1.89 bits per heavy atom. The quantitative estimate of drug-likeness (QED) is 0.716. The average molecular weight is 255 g/mol. The van der Waals surface area contributed by atoms with Crippen molar-refractivity contribution in [1.82, 2.24) is 15.1 Å². The highest BCUT2D eigenvalue weighted by molar-refractivity contribution is 4.77. The Morgan fingerprint density at radius 1 is 1.22 bits per heavy atom. The van der Waals surface area contributed by atoms with Gasteiger partial charge in [0.1, 0.15) is 0 Å². The molecule has 1 fully saturated rings.